The van der Waals surface area contributed by atoms with Crippen LogP contribution in [0.3, 0.4) is 0 Å². The molecule has 7 heterocycles. The van der Waals surface area contributed by atoms with Gasteiger partial charge < -0.3 is 19.8 Å². The molecule has 0 bridgehead atoms. The van der Waals surface area contributed by atoms with Crippen molar-refractivity contribution in [2.45, 2.75) is 121 Å². The van der Waals surface area contributed by atoms with E-state index in [-0.39, 0.29) is 29.8 Å². The average molecular weight is 905 g/mol. The molecule has 346 valence electrons. The third kappa shape index (κ3) is 7.82. The van der Waals surface area contributed by atoms with Gasteiger partial charge in [0.05, 0.1) is 18.2 Å². The summed E-state index contributed by atoms with van der Waals surface area (Å²) in [4.78, 5) is 70.7. The number of anilines is 2. The Morgan fingerprint density at radius 3 is 2.55 bits per heavy atom. The van der Waals surface area contributed by atoms with Gasteiger partial charge in [-0.05, 0) is 123 Å². The number of benzene rings is 2. The normalized spacial score (nSPS) is 23.1. The van der Waals surface area contributed by atoms with Gasteiger partial charge >= 0.3 is 0 Å². The van der Waals surface area contributed by atoms with E-state index in [4.69, 9.17) is 14.5 Å². The number of carbonyl (C=O) groups excluding carboxylic acids is 3. The Bertz CT molecular complexity index is 3040. The number of nitrogens with zero attached hydrogens (tertiary/aromatic N) is 8. The Balaban J connectivity index is 0.705. The third-order valence-corrected chi connectivity index (χ3v) is 15.4. The molecule has 11 rings (SSSR count). The Kier molecular flexibility index (Phi) is 11.1. The Labute approximate surface area is 387 Å². The summed E-state index contributed by atoms with van der Waals surface area (Å²) >= 11 is 0. The number of aliphatic hydroxyl groups is 1. The van der Waals surface area contributed by atoms with E-state index >= 15 is 0 Å². The van der Waals surface area contributed by atoms with Gasteiger partial charge in [-0.25, -0.2) is 19.3 Å². The largest absolute Gasteiger partial charge is 0.384 e. The summed E-state index contributed by atoms with van der Waals surface area (Å²) in [6.07, 6.45) is 13.2. The predicted molar refractivity (Wildman–Crippen MR) is 251 cm³/mol. The minimum absolute atomic E-state index is 0.225. The number of piperidine rings is 1. The number of hydrogen-bond donors (Lipinski definition) is 3. The van der Waals surface area contributed by atoms with Crippen LogP contribution in [0.5, 0.6) is 0 Å². The van der Waals surface area contributed by atoms with E-state index in [9.17, 15) is 24.3 Å². The smallest absolute Gasteiger partial charge is 0.278 e. The van der Waals surface area contributed by atoms with E-state index in [1.54, 1.807) is 21.6 Å². The highest BCUT2D eigenvalue weighted by atomic mass is 16.5. The van der Waals surface area contributed by atoms with Gasteiger partial charge in [-0.2, -0.15) is 4.98 Å². The predicted octanol–water partition coefficient (Wildman–Crippen LogP) is 6.05. The molecule has 1 unspecified atom stereocenters. The van der Waals surface area contributed by atoms with Crippen LogP contribution < -0.4 is 16.2 Å². The number of aryl methyl sites for hydroxylation is 1. The molecule has 3 amide bonds. The summed E-state index contributed by atoms with van der Waals surface area (Å²) in [5.41, 5.74) is 7.76. The van der Waals surface area contributed by atoms with Gasteiger partial charge in [-0.1, -0.05) is 36.4 Å². The molecule has 6 aromatic rings. The van der Waals surface area contributed by atoms with Crippen molar-refractivity contribution < 1.29 is 24.0 Å². The maximum Gasteiger partial charge on any atom is 0.278 e. The molecular weight excluding hydrogens is 849 g/mol. The van der Waals surface area contributed by atoms with Crippen LogP contribution in [0.2, 0.25) is 0 Å². The second-order valence-electron chi connectivity index (χ2n) is 19.2. The quantitative estimate of drug-likeness (QED) is 0.107. The van der Waals surface area contributed by atoms with Crippen LogP contribution in [0.4, 0.5) is 11.6 Å². The van der Waals surface area contributed by atoms with Crippen LogP contribution in [0, 0.1) is 5.92 Å². The Morgan fingerprint density at radius 2 is 1.73 bits per heavy atom. The number of allylic oxidation sites excluding steroid dienone is 1. The summed E-state index contributed by atoms with van der Waals surface area (Å²) < 4.78 is 9.15. The molecule has 3 N–H and O–H groups in total. The van der Waals surface area contributed by atoms with E-state index in [0.29, 0.717) is 91.3 Å². The van der Waals surface area contributed by atoms with Gasteiger partial charge in [0.15, 0.2) is 17.0 Å². The molecule has 2 atom stereocenters. The van der Waals surface area contributed by atoms with Crippen molar-refractivity contribution in [2.24, 2.45) is 5.92 Å². The first-order chi connectivity index (χ1) is 32.6. The maximum atomic E-state index is 13.8. The van der Waals surface area contributed by atoms with Crippen molar-refractivity contribution in [1.82, 2.24) is 44.6 Å². The number of rotatable bonds is 10. The highest BCUT2D eigenvalue weighted by Crippen LogP contribution is 2.39. The first kappa shape index (κ1) is 43.1. The Hall–Kier alpha value is -6.52. The van der Waals surface area contributed by atoms with E-state index < -0.39 is 11.5 Å². The molecule has 4 aromatic heterocycles. The van der Waals surface area contributed by atoms with Crippen LogP contribution in [-0.2, 0) is 58.8 Å². The number of hydrogen-bond acceptors (Lipinski definition) is 12. The topological polar surface area (TPSA) is 194 Å². The number of nitrogens with one attached hydrogen (secondary N) is 2. The number of aromatic nitrogens is 6. The number of imide groups is 1. The lowest BCUT2D eigenvalue weighted by atomic mass is 9.83. The highest BCUT2D eigenvalue weighted by Gasteiger charge is 2.38. The molecule has 5 aliphatic rings. The molecule has 16 nitrogen and oxygen atoms in total. The van der Waals surface area contributed by atoms with Gasteiger partial charge in [0.2, 0.25) is 23.7 Å². The van der Waals surface area contributed by atoms with Gasteiger partial charge in [-0.15, -0.1) is 6.58 Å². The van der Waals surface area contributed by atoms with Crippen molar-refractivity contribution >= 4 is 51.4 Å². The minimum atomic E-state index is -1.01. The lowest BCUT2D eigenvalue weighted by molar-refractivity contribution is -0.135. The van der Waals surface area contributed by atoms with Crippen molar-refractivity contribution in [3.05, 3.63) is 111 Å². The molecule has 1 saturated heterocycles. The van der Waals surface area contributed by atoms with E-state index in [1.165, 1.54) is 16.7 Å². The van der Waals surface area contributed by atoms with Crippen LogP contribution in [0.15, 0.2) is 70.6 Å². The molecule has 2 fully saturated rings. The highest BCUT2D eigenvalue weighted by molar-refractivity contribution is 6.02. The van der Waals surface area contributed by atoms with E-state index in [2.05, 4.69) is 50.5 Å². The minimum Gasteiger partial charge on any atom is -0.384 e. The summed E-state index contributed by atoms with van der Waals surface area (Å²) in [5, 5.41) is 22.7. The summed E-state index contributed by atoms with van der Waals surface area (Å²) in [6, 6.07) is 14.7. The zero-order valence-electron chi connectivity index (χ0n) is 37.9. The van der Waals surface area contributed by atoms with Crippen molar-refractivity contribution in [3.63, 3.8) is 0 Å². The fraction of sp³-hybridized carbons (Fsp3) is 0.451. The summed E-state index contributed by atoms with van der Waals surface area (Å²) in [5.74, 6) is 0.407. The van der Waals surface area contributed by atoms with Crippen LogP contribution in [0.1, 0.15) is 110 Å². The molecule has 16 heteroatoms. The Morgan fingerprint density at radius 1 is 0.925 bits per heavy atom. The van der Waals surface area contributed by atoms with Crippen molar-refractivity contribution in [1.29, 1.82) is 0 Å². The molecule has 0 radical (unpaired) electrons. The fourth-order valence-corrected chi connectivity index (χ4v) is 11.5. The fourth-order valence-electron chi connectivity index (χ4n) is 11.5. The average Bonchev–Trinajstić information content (AvgIpc) is 3.94. The summed E-state index contributed by atoms with van der Waals surface area (Å²) in [6.45, 7) is 9.21. The van der Waals surface area contributed by atoms with Gasteiger partial charge in [0, 0.05) is 67.9 Å². The molecule has 3 aliphatic heterocycles. The van der Waals surface area contributed by atoms with Gasteiger partial charge in [0.1, 0.15) is 16.7 Å². The lowest BCUT2D eigenvalue weighted by Gasteiger charge is -2.37. The first-order valence-electron chi connectivity index (χ1n) is 24.0. The first-order valence-corrected chi connectivity index (χ1v) is 24.0. The van der Waals surface area contributed by atoms with Crippen molar-refractivity contribution in [2.75, 3.05) is 25.0 Å². The van der Waals surface area contributed by atoms with Crippen LogP contribution >= 0.6 is 0 Å². The molecule has 1 saturated carbocycles. The molecule has 2 aliphatic carbocycles. The lowest BCUT2D eigenvalue weighted by Crippen LogP contribution is -2.41. The van der Waals surface area contributed by atoms with E-state index in [0.717, 1.165) is 92.2 Å². The monoisotopic (exact) mass is 904 g/mol. The maximum absolute atomic E-state index is 13.8. The van der Waals surface area contributed by atoms with Crippen LogP contribution in [-0.4, -0.2) is 87.8 Å². The van der Waals surface area contributed by atoms with Crippen LogP contribution in [0.25, 0.3) is 27.8 Å². The second kappa shape index (κ2) is 17.3. The molecular formula is C51H56N10O6. The number of carbonyl (C=O) groups is 3. The SMILES string of the molecule is C=CCn1c(=O)c2cnc(Nc3ccc4c(c3)CCN(C(=O)C[C@H]3CC[C@@H](N5CCc6ccc7c(C8CCC(=O)NC8=O)noc7c6CC5)CC3)C4)nc2n1-c1ccc2c(n1)[C@@](O)(CC)CC2. The molecule has 0 spiro atoms. The van der Waals surface area contributed by atoms with Crippen molar-refractivity contribution in [3.8, 4) is 5.82 Å². The van der Waals surface area contributed by atoms with Gasteiger partial charge in [-0.3, -0.25) is 29.4 Å². The summed E-state index contributed by atoms with van der Waals surface area (Å²) in [7, 11) is 0. The standard InChI is InChI=1S/C51H56N10O6/c1-3-22-60-49(65)40-28-52-50(56-47(40)61(60)41-15-9-32-17-21-51(66,4-2)46(32)54-41)53-35-10-7-34-29-59(24-19-33(34)27-35)43(63)26-30-5-11-36(12-6-30)58-23-18-31-8-13-38-44(39-14-16-42(62)55-48(39)64)57-67-45(38)37(31)20-25-58/h3,7-10,13,15,27-28,30,36,39,66H,1,4-6,11-12,14,16-26,29H2,2H3,(H,52,53,56)(H,55,62,64)/t30-,36+,39?,51-/m1/s1. The van der Waals surface area contributed by atoms with Gasteiger partial charge in [0.25, 0.3) is 5.56 Å². The number of fused-ring (bicyclic) bond motifs is 6. The molecule has 67 heavy (non-hydrogen) atoms. The molecule has 2 aromatic carbocycles. The van der Waals surface area contributed by atoms with E-state index in [1.807, 2.05) is 36.1 Å². The zero-order valence-corrected chi connectivity index (χ0v) is 37.9. The zero-order chi connectivity index (χ0) is 46.0. The number of amides is 3. The third-order valence-electron chi connectivity index (χ3n) is 15.4. The second-order valence-corrected chi connectivity index (χ2v) is 19.2. The number of pyridine rings is 1.